The van der Waals surface area contributed by atoms with Crippen LogP contribution in [-0.4, -0.2) is 11.4 Å². The Balaban J connectivity index is 2.58. The highest BCUT2D eigenvalue weighted by atomic mass is 15.8. The molecule has 0 bridgehead atoms. The van der Waals surface area contributed by atoms with Gasteiger partial charge in [0.15, 0.2) is 0 Å². The molecule has 5 N–H and O–H groups in total. The van der Waals surface area contributed by atoms with Gasteiger partial charge < -0.3 is 5.73 Å². The van der Waals surface area contributed by atoms with Crippen molar-refractivity contribution in [1.82, 2.24) is 10.7 Å². The van der Waals surface area contributed by atoms with Crippen molar-refractivity contribution in [1.29, 1.82) is 0 Å². The Morgan fingerprint density at radius 2 is 2.50 bits per heavy atom. The molecule has 8 heavy (non-hydrogen) atoms. The van der Waals surface area contributed by atoms with Crippen molar-refractivity contribution in [3.05, 3.63) is 11.9 Å². The standard InChI is InChI=1S/C3H7N5/c4-3-1-6-8(5)7-2-3/h1-2,6H,4-5H2. The van der Waals surface area contributed by atoms with Crippen LogP contribution in [0.2, 0.25) is 0 Å². The van der Waals surface area contributed by atoms with E-state index in [9.17, 15) is 0 Å². The van der Waals surface area contributed by atoms with E-state index in [1.807, 2.05) is 0 Å². The minimum atomic E-state index is 0.562. The SMILES string of the molecule is NC1=CNN(N)N=C1. The van der Waals surface area contributed by atoms with E-state index in [1.165, 1.54) is 6.21 Å². The number of hydrazine groups is 2. The Morgan fingerprint density at radius 3 is 2.88 bits per heavy atom. The number of nitrogens with zero attached hydrogens (tertiary/aromatic N) is 2. The van der Waals surface area contributed by atoms with E-state index in [2.05, 4.69) is 10.5 Å². The zero-order valence-corrected chi connectivity index (χ0v) is 4.20. The fourth-order valence-electron chi connectivity index (χ4n) is 0.340. The van der Waals surface area contributed by atoms with E-state index in [-0.39, 0.29) is 0 Å². The molecule has 1 aliphatic heterocycles. The maximum absolute atomic E-state index is 5.26. The highest BCUT2D eigenvalue weighted by Gasteiger charge is 1.93. The van der Waals surface area contributed by atoms with Gasteiger partial charge in [0.05, 0.1) is 11.9 Å². The second-order valence-electron chi connectivity index (χ2n) is 1.36. The lowest BCUT2D eigenvalue weighted by molar-refractivity contribution is 0.237. The van der Waals surface area contributed by atoms with Gasteiger partial charge in [-0.15, -0.1) is 10.3 Å². The zero-order valence-electron chi connectivity index (χ0n) is 4.20. The van der Waals surface area contributed by atoms with Crippen molar-refractivity contribution < 1.29 is 0 Å². The molecule has 0 saturated heterocycles. The van der Waals surface area contributed by atoms with Crippen LogP contribution in [0, 0.1) is 0 Å². The van der Waals surface area contributed by atoms with Gasteiger partial charge in [0, 0.05) is 6.20 Å². The number of nitrogens with one attached hydrogen (secondary N) is 1. The molecule has 1 rings (SSSR count). The summed E-state index contributed by atoms with van der Waals surface area (Å²) >= 11 is 0. The zero-order chi connectivity index (χ0) is 5.98. The van der Waals surface area contributed by atoms with E-state index in [0.29, 0.717) is 5.70 Å². The first-order chi connectivity index (χ1) is 3.79. The summed E-state index contributed by atoms with van der Waals surface area (Å²) in [6.45, 7) is 0. The summed E-state index contributed by atoms with van der Waals surface area (Å²) in [6, 6.07) is 0. The lowest BCUT2D eigenvalue weighted by atomic mass is 10.5. The second kappa shape index (κ2) is 1.71. The first-order valence-electron chi connectivity index (χ1n) is 2.09. The number of hydrazone groups is 1. The topological polar surface area (TPSA) is 79.7 Å². The Bertz CT molecular complexity index is 137. The Morgan fingerprint density at radius 1 is 1.75 bits per heavy atom. The first kappa shape index (κ1) is 4.92. The van der Waals surface area contributed by atoms with Crippen LogP contribution in [0.5, 0.6) is 0 Å². The Labute approximate surface area is 46.6 Å². The normalized spacial score (nSPS) is 17.6. The molecular weight excluding hydrogens is 106 g/mol. The number of allylic oxidation sites excluding steroid dienone is 1. The molecule has 0 unspecified atom stereocenters. The van der Waals surface area contributed by atoms with Crippen LogP contribution in [0.3, 0.4) is 0 Å². The summed E-state index contributed by atoms with van der Waals surface area (Å²) < 4.78 is 0. The minimum absolute atomic E-state index is 0.562. The number of hydrogen-bond donors (Lipinski definition) is 3. The third-order valence-electron chi connectivity index (χ3n) is 0.695. The molecule has 0 saturated carbocycles. The third-order valence-corrected chi connectivity index (χ3v) is 0.695. The van der Waals surface area contributed by atoms with Crippen molar-refractivity contribution in [3.63, 3.8) is 0 Å². The van der Waals surface area contributed by atoms with E-state index < -0.39 is 0 Å². The maximum atomic E-state index is 5.26. The lowest BCUT2D eigenvalue weighted by Gasteiger charge is -2.14. The quantitative estimate of drug-likeness (QED) is 0.333. The molecule has 0 aliphatic carbocycles. The van der Waals surface area contributed by atoms with Crippen LogP contribution in [0.1, 0.15) is 0 Å². The van der Waals surface area contributed by atoms with E-state index >= 15 is 0 Å². The van der Waals surface area contributed by atoms with E-state index in [0.717, 1.165) is 5.23 Å². The lowest BCUT2D eigenvalue weighted by Crippen LogP contribution is -2.38. The largest absolute Gasteiger partial charge is 0.396 e. The van der Waals surface area contributed by atoms with Crippen LogP contribution in [0.15, 0.2) is 17.0 Å². The molecule has 0 atom stereocenters. The fraction of sp³-hybridized carbons (Fsp3) is 0. The maximum Gasteiger partial charge on any atom is 0.0752 e. The van der Waals surface area contributed by atoms with Gasteiger partial charge in [-0.05, 0) is 0 Å². The molecule has 0 amide bonds. The van der Waals surface area contributed by atoms with Gasteiger partial charge in [0.1, 0.15) is 0 Å². The summed E-state index contributed by atoms with van der Waals surface area (Å²) in [5.41, 5.74) is 8.38. The van der Waals surface area contributed by atoms with Gasteiger partial charge in [-0.25, -0.2) is 5.84 Å². The van der Waals surface area contributed by atoms with Crippen molar-refractivity contribution in [2.24, 2.45) is 16.7 Å². The molecule has 0 aromatic rings. The van der Waals surface area contributed by atoms with Crippen LogP contribution < -0.4 is 17.0 Å². The van der Waals surface area contributed by atoms with Crippen LogP contribution >= 0.6 is 0 Å². The summed E-state index contributed by atoms with van der Waals surface area (Å²) in [5.74, 6) is 5.12. The van der Waals surface area contributed by atoms with Crippen molar-refractivity contribution >= 4 is 6.21 Å². The van der Waals surface area contributed by atoms with Crippen LogP contribution in [0.25, 0.3) is 0 Å². The van der Waals surface area contributed by atoms with Crippen molar-refractivity contribution in [2.45, 2.75) is 0 Å². The molecule has 0 radical (unpaired) electrons. The molecular formula is C3H7N5. The molecule has 5 heteroatoms. The number of rotatable bonds is 0. The minimum Gasteiger partial charge on any atom is -0.396 e. The van der Waals surface area contributed by atoms with Crippen molar-refractivity contribution in [3.8, 4) is 0 Å². The Hall–Kier alpha value is -1.23. The molecule has 0 aromatic carbocycles. The molecule has 0 aromatic heterocycles. The summed E-state index contributed by atoms with van der Waals surface area (Å²) in [7, 11) is 0. The summed E-state index contributed by atoms with van der Waals surface area (Å²) in [6.07, 6.45) is 3.00. The smallest absolute Gasteiger partial charge is 0.0752 e. The predicted molar refractivity (Wildman–Crippen MR) is 29.9 cm³/mol. The van der Waals surface area contributed by atoms with Gasteiger partial charge in [0.2, 0.25) is 0 Å². The van der Waals surface area contributed by atoms with Crippen LogP contribution in [0.4, 0.5) is 0 Å². The van der Waals surface area contributed by atoms with E-state index in [1.54, 1.807) is 6.20 Å². The van der Waals surface area contributed by atoms with Crippen LogP contribution in [-0.2, 0) is 0 Å². The highest BCUT2D eigenvalue weighted by Crippen LogP contribution is 1.83. The molecule has 0 spiro atoms. The first-order valence-corrected chi connectivity index (χ1v) is 2.09. The van der Waals surface area contributed by atoms with Crippen molar-refractivity contribution in [2.75, 3.05) is 0 Å². The average molecular weight is 113 g/mol. The third kappa shape index (κ3) is 0.881. The summed E-state index contributed by atoms with van der Waals surface area (Å²) in [5, 5.41) is 4.66. The van der Waals surface area contributed by atoms with Gasteiger partial charge >= 0.3 is 0 Å². The molecule has 5 nitrogen and oxygen atoms in total. The molecule has 44 valence electrons. The van der Waals surface area contributed by atoms with Gasteiger partial charge in [-0.3, -0.25) is 5.43 Å². The summed E-state index contributed by atoms with van der Waals surface area (Å²) in [4.78, 5) is 0. The molecule has 1 heterocycles. The van der Waals surface area contributed by atoms with Gasteiger partial charge in [-0.1, -0.05) is 0 Å². The number of nitrogens with two attached hydrogens (primary N) is 2. The monoisotopic (exact) mass is 113 g/mol. The van der Waals surface area contributed by atoms with Gasteiger partial charge in [0.25, 0.3) is 0 Å². The predicted octanol–water partition coefficient (Wildman–Crippen LogP) is -1.53. The molecule has 0 fully saturated rings. The number of hydrogen-bond acceptors (Lipinski definition) is 5. The average Bonchev–Trinajstić information content (AvgIpc) is 1.77. The Kier molecular flexibility index (Phi) is 1.05. The highest BCUT2D eigenvalue weighted by molar-refractivity contribution is 5.77. The second-order valence-corrected chi connectivity index (χ2v) is 1.36. The molecule has 1 aliphatic rings. The van der Waals surface area contributed by atoms with Gasteiger partial charge in [-0.2, -0.15) is 0 Å². The fourth-order valence-corrected chi connectivity index (χ4v) is 0.340. The van der Waals surface area contributed by atoms with E-state index in [4.69, 9.17) is 11.6 Å².